The number of carbonyl (C=O) groups is 1. The highest BCUT2D eigenvalue weighted by Crippen LogP contribution is 2.26. The van der Waals surface area contributed by atoms with Gasteiger partial charge in [0.25, 0.3) is 0 Å². The Balaban J connectivity index is 3.21. The molecule has 1 atom stereocenters. The monoisotopic (exact) mass is 249 g/mol. The van der Waals surface area contributed by atoms with Crippen molar-refractivity contribution in [3.8, 4) is 0 Å². The molecule has 88 valence electrons. The molecule has 0 heterocycles. The minimum absolute atomic E-state index is 0.153. The summed E-state index contributed by atoms with van der Waals surface area (Å²) in [5.74, 6) is -2.74. The van der Waals surface area contributed by atoms with Gasteiger partial charge in [0.2, 0.25) is 5.91 Å². The summed E-state index contributed by atoms with van der Waals surface area (Å²) in [6, 6.07) is 2.04. The molecule has 0 bridgehead atoms. The Bertz CT molecular complexity index is 412. The number of aliphatic hydroxyl groups excluding tert-OH is 1. The van der Waals surface area contributed by atoms with E-state index in [-0.39, 0.29) is 11.4 Å². The zero-order chi connectivity index (χ0) is 12.3. The lowest BCUT2D eigenvalue weighted by Gasteiger charge is -2.12. The van der Waals surface area contributed by atoms with Gasteiger partial charge >= 0.3 is 0 Å². The van der Waals surface area contributed by atoms with Crippen LogP contribution in [-0.2, 0) is 4.79 Å². The van der Waals surface area contributed by atoms with Crippen LogP contribution in [0.15, 0.2) is 12.1 Å². The fourth-order valence-corrected chi connectivity index (χ4v) is 1.37. The zero-order valence-electron chi connectivity index (χ0n) is 8.43. The average Bonchev–Trinajstić information content (AvgIpc) is 2.23. The lowest BCUT2D eigenvalue weighted by atomic mass is 10.1. The number of alkyl halides is 1. The summed E-state index contributed by atoms with van der Waals surface area (Å²) in [6.45, 7) is 1.13. The molecule has 0 fully saturated rings. The average molecular weight is 250 g/mol. The molecule has 16 heavy (non-hydrogen) atoms. The quantitative estimate of drug-likeness (QED) is 0.807. The maximum atomic E-state index is 13.7. The molecule has 3 nitrogen and oxygen atoms in total. The van der Waals surface area contributed by atoms with Crippen molar-refractivity contribution in [1.29, 1.82) is 0 Å². The number of nitrogens with one attached hydrogen (secondary N) is 1. The van der Waals surface area contributed by atoms with E-state index in [1.165, 1.54) is 0 Å². The molecule has 0 spiro atoms. The number of halogens is 3. The van der Waals surface area contributed by atoms with Crippen molar-refractivity contribution in [2.75, 3.05) is 11.2 Å². The fourth-order valence-electron chi connectivity index (χ4n) is 1.20. The Kier molecular flexibility index (Phi) is 4.20. The summed E-state index contributed by atoms with van der Waals surface area (Å²) in [5, 5.41) is 11.4. The summed E-state index contributed by atoms with van der Waals surface area (Å²) >= 11 is 5.36. The Labute approximate surface area is 96.0 Å². The third-order valence-electron chi connectivity index (χ3n) is 1.93. The molecule has 1 amide bonds. The van der Waals surface area contributed by atoms with Gasteiger partial charge in [-0.1, -0.05) is 6.07 Å². The van der Waals surface area contributed by atoms with E-state index >= 15 is 0 Å². The number of benzene rings is 1. The number of rotatable bonds is 3. The van der Waals surface area contributed by atoms with Crippen LogP contribution in [0.2, 0.25) is 0 Å². The summed E-state index contributed by atoms with van der Waals surface area (Å²) in [5.41, 5.74) is -0.727. The lowest BCUT2D eigenvalue weighted by molar-refractivity contribution is -0.114. The van der Waals surface area contributed by atoms with E-state index in [0.717, 1.165) is 19.1 Å². The lowest BCUT2D eigenvalue weighted by Crippen LogP contribution is -2.12. The Hall–Kier alpha value is -1.20. The molecule has 0 radical (unpaired) electrons. The third-order valence-corrected chi connectivity index (χ3v) is 2.22. The standard InChI is InChI=1S/C10H10ClF2NO2/c1-5(15)14-10-7(12)3-2-6(9(10)13)8(16)4-11/h2-3,8,16H,4H2,1H3,(H,14,15)/t8-/m0/s1. The van der Waals surface area contributed by atoms with Gasteiger partial charge in [-0.2, -0.15) is 0 Å². The van der Waals surface area contributed by atoms with Crippen molar-refractivity contribution in [3.05, 3.63) is 29.3 Å². The highest BCUT2D eigenvalue weighted by atomic mass is 35.5. The van der Waals surface area contributed by atoms with Gasteiger partial charge in [-0.15, -0.1) is 11.6 Å². The molecule has 6 heteroatoms. The predicted octanol–water partition coefficient (Wildman–Crippen LogP) is 2.20. The molecule has 0 aliphatic heterocycles. The highest BCUT2D eigenvalue weighted by Gasteiger charge is 2.19. The fraction of sp³-hybridized carbons (Fsp3) is 0.300. The second kappa shape index (κ2) is 5.23. The van der Waals surface area contributed by atoms with Crippen molar-refractivity contribution >= 4 is 23.2 Å². The van der Waals surface area contributed by atoms with Crippen LogP contribution in [0.1, 0.15) is 18.6 Å². The van der Waals surface area contributed by atoms with Crippen molar-refractivity contribution in [2.45, 2.75) is 13.0 Å². The number of anilines is 1. The largest absolute Gasteiger partial charge is 0.387 e. The van der Waals surface area contributed by atoms with E-state index in [9.17, 15) is 18.7 Å². The molecule has 1 aromatic carbocycles. The van der Waals surface area contributed by atoms with Crippen LogP contribution in [0.5, 0.6) is 0 Å². The minimum atomic E-state index is -1.24. The van der Waals surface area contributed by atoms with Crippen molar-refractivity contribution in [3.63, 3.8) is 0 Å². The van der Waals surface area contributed by atoms with Gasteiger partial charge in [-0.05, 0) is 6.07 Å². The van der Waals surface area contributed by atoms with Gasteiger partial charge in [-0.25, -0.2) is 8.78 Å². The van der Waals surface area contributed by atoms with E-state index in [2.05, 4.69) is 0 Å². The Morgan fingerprint density at radius 2 is 2.19 bits per heavy atom. The molecule has 1 rings (SSSR count). The number of carbonyl (C=O) groups excluding carboxylic acids is 1. The minimum Gasteiger partial charge on any atom is -0.387 e. The molecule has 0 saturated heterocycles. The van der Waals surface area contributed by atoms with Gasteiger partial charge in [-0.3, -0.25) is 4.79 Å². The van der Waals surface area contributed by atoms with E-state index in [1.54, 1.807) is 0 Å². The van der Waals surface area contributed by atoms with Crippen LogP contribution in [0, 0.1) is 11.6 Å². The summed E-state index contributed by atoms with van der Waals surface area (Å²) in [7, 11) is 0. The van der Waals surface area contributed by atoms with Crippen molar-refractivity contribution in [2.24, 2.45) is 0 Å². The second-order valence-corrected chi connectivity index (χ2v) is 3.49. The first-order chi connectivity index (χ1) is 7.47. The van der Waals surface area contributed by atoms with Gasteiger partial charge in [0.05, 0.1) is 12.0 Å². The maximum absolute atomic E-state index is 13.7. The first kappa shape index (κ1) is 12.9. The van der Waals surface area contributed by atoms with Gasteiger partial charge < -0.3 is 10.4 Å². The molecule has 0 aliphatic rings. The van der Waals surface area contributed by atoms with Gasteiger partial charge in [0, 0.05) is 12.5 Å². The number of hydrogen-bond donors (Lipinski definition) is 2. The predicted molar refractivity (Wildman–Crippen MR) is 56.3 cm³/mol. The van der Waals surface area contributed by atoms with Gasteiger partial charge in [0.15, 0.2) is 5.82 Å². The normalized spacial score (nSPS) is 12.3. The summed E-state index contributed by atoms with van der Waals surface area (Å²) in [6.07, 6.45) is -1.24. The molecular formula is C10H10ClF2NO2. The molecule has 2 N–H and O–H groups in total. The van der Waals surface area contributed by atoms with E-state index < -0.39 is 29.3 Å². The Morgan fingerprint density at radius 1 is 1.56 bits per heavy atom. The first-order valence-corrected chi connectivity index (χ1v) is 5.00. The van der Waals surface area contributed by atoms with E-state index in [4.69, 9.17) is 11.6 Å². The molecule has 0 saturated carbocycles. The van der Waals surface area contributed by atoms with E-state index in [0.29, 0.717) is 0 Å². The molecule has 1 aromatic rings. The molecule has 0 aromatic heterocycles. The van der Waals surface area contributed by atoms with Crippen LogP contribution < -0.4 is 5.32 Å². The van der Waals surface area contributed by atoms with Crippen LogP contribution in [-0.4, -0.2) is 16.9 Å². The number of aliphatic hydroxyl groups is 1. The Morgan fingerprint density at radius 3 is 2.69 bits per heavy atom. The molecule has 0 unspecified atom stereocenters. The van der Waals surface area contributed by atoms with Crippen LogP contribution in [0.4, 0.5) is 14.5 Å². The van der Waals surface area contributed by atoms with Crippen molar-refractivity contribution < 1.29 is 18.7 Å². The van der Waals surface area contributed by atoms with Crippen LogP contribution in [0.3, 0.4) is 0 Å². The van der Waals surface area contributed by atoms with Crippen LogP contribution in [0.25, 0.3) is 0 Å². The highest BCUT2D eigenvalue weighted by molar-refractivity contribution is 6.18. The second-order valence-electron chi connectivity index (χ2n) is 3.18. The summed E-state index contributed by atoms with van der Waals surface area (Å²) < 4.78 is 26.8. The van der Waals surface area contributed by atoms with Crippen molar-refractivity contribution in [1.82, 2.24) is 0 Å². The van der Waals surface area contributed by atoms with Gasteiger partial charge in [0.1, 0.15) is 11.5 Å². The summed E-state index contributed by atoms with van der Waals surface area (Å²) in [4.78, 5) is 10.7. The molecule has 0 aliphatic carbocycles. The smallest absolute Gasteiger partial charge is 0.221 e. The topological polar surface area (TPSA) is 49.3 Å². The SMILES string of the molecule is CC(=O)Nc1c(F)ccc([C@@H](O)CCl)c1F. The van der Waals surface area contributed by atoms with E-state index in [1.807, 2.05) is 5.32 Å². The third kappa shape index (κ3) is 2.68. The molecular weight excluding hydrogens is 240 g/mol. The maximum Gasteiger partial charge on any atom is 0.221 e. The van der Waals surface area contributed by atoms with Crippen LogP contribution >= 0.6 is 11.6 Å². The number of amides is 1. The number of hydrogen-bond acceptors (Lipinski definition) is 2. The first-order valence-electron chi connectivity index (χ1n) is 4.47. The zero-order valence-corrected chi connectivity index (χ0v) is 9.18.